The number of nitriles is 1. The summed E-state index contributed by atoms with van der Waals surface area (Å²) in [5.74, 6) is 0. The number of nitrogens with zero attached hydrogens (tertiary/aromatic N) is 2. The molecule has 0 aliphatic rings. The van der Waals surface area contributed by atoms with E-state index >= 15 is 0 Å². The van der Waals surface area contributed by atoms with Crippen molar-refractivity contribution in [3.63, 3.8) is 0 Å². The van der Waals surface area contributed by atoms with Gasteiger partial charge < -0.3 is 10.1 Å². The van der Waals surface area contributed by atoms with E-state index in [2.05, 4.69) is 16.4 Å². The molecule has 1 aromatic carbocycles. The molecule has 0 aliphatic heterocycles. The van der Waals surface area contributed by atoms with Crippen molar-refractivity contribution in [2.45, 2.75) is 19.1 Å². The Morgan fingerprint density at radius 1 is 1.45 bits per heavy atom. The molecule has 0 saturated carbocycles. The molecule has 1 aromatic heterocycles. The Balaban J connectivity index is 1.91. The minimum Gasteiger partial charge on any atom is -0.444 e. The van der Waals surface area contributed by atoms with Gasteiger partial charge in [-0.1, -0.05) is 30.3 Å². The second-order valence-corrected chi connectivity index (χ2v) is 4.98. The summed E-state index contributed by atoms with van der Waals surface area (Å²) in [6.45, 7) is 0.185. The molecule has 1 amide bonds. The second kappa shape index (κ2) is 7.26. The summed E-state index contributed by atoms with van der Waals surface area (Å²) >= 11 is 1.42. The van der Waals surface area contributed by atoms with E-state index in [9.17, 15) is 4.79 Å². The first-order chi connectivity index (χ1) is 9.79. The van der Waals surface area contributed by atoms with Crippen molar-refractivity contribution >= 4 is 17.4 Å². The highest BCUT2D eigenvalue weighted by molar-refractivity contribution is 7.09. The van der Waals surface area contributed by atoms with Crippen molar-refractivity contribution in [1.29, 1.82) is 5.26 Å². The first kappa shape index (κ1) is 14.0. The van der Waals surface area contributed by atoms with E-state index in [4.69, 9.17) is 10.00 Å². The Hall–Kier alpha value is -2.39. The highest BCUT2D eigenvalue weighted by Gasteiger charge is 2.15. The first-order valence-corrected chi connectivity index (χ1v) is 6.90. The van der Waals surface area contributed by atoms with Crippen molar-refractivity contribution in [2.24, 2.45) is 0 Å². The van der Waals surface area contributed by atoms with Gasteiger partial charge in [-0.15, -0.1) is 11.3 Å². The fraction of sp³-hybridized carbons (Fsp3) is 0.214. The lowest BCUT2D eigenvalue weighted by molar-refractivity contribution is 0.136. The van der Waals surface area contributed by atoms with Crippen LogP contribution in [0.1, 0.15) is 22.9 Å². The molecule has 0 saturated heterocycles. The van der Waals surface area contributed by atoms with Gasteiger partial charge in [0.25, 0.3) is 0 Å². The summed E-state index contributed by atoms with van der Waals surface area (Å²) in [5, 5.41) is 11.5. The predicted molar refractivity (Wildman–Crippen MR) is 74.8 cm³/mol. The molecule has 0 fully saturated rings. The molecule has 0 spiro atoms. The van der Waals surface area contributed by atoms with Crippen LogP contribution in [0.25, 0.3) is 0 Å². The molecule has 102 valence electrons. The van der Waals surface area contributed by atoms with Crippen LogP contribution in [-0.2, 0) is 11.3 Å². The zero-order valence-electron chi connectivity index (χ0n) is 10.7. The van der Waals surface area contributed by atoms with Crippen LogP contribution in [0.3, 0.4) is 0 Å². The molecule has 5 nitrogen and oxygen atoms in total. The zero-order valence-corrected chi connectivity index (χ0v) is 11.5. The van der Waals surface area contributed by atoms with Crippen LogP contribution in [-0.4, -0.2) is 11.1 Å². The summed E-state index contributed by atoms with van der Waals surface area (Å²) in [5.41, 5.74) is 2.56. The number of carbonyl (C=O) groups excluding carboxylic acids is 1. The summed E-state index contributed by atoms with van der Waals surface area (Å²) in [6.07, 6.45) is 1.31. The SMILES string of the molecule is N#CCC(NC(=O)OCc1cncs1)c1ccccc1. The van der Waals surface area contributed by atoms with E-state index in [1.807, 2.05) is 30.3 Å². The molecule has 1 heterocycles. The number of amides is 1. The van der Waals surface area contributed by atoms with Gasteiger partial charge in [0.05, 0.1) is 28.9 Å². The number of benzene rings is 1. The van der Waals surface area contributed by atoms with Gasteiger partial charge in [-0.05, 0) is 5.56 Å². The summed E-state index contributed by atoms with van der Waals surface area (Å²) < 4.78 is 5.10. The van der Waals surface area contributed by atoms with Crippen LogP contribution in [0.15, 0.2) is 42.0 Å². The Morgan fingerprint density at radius 2 is 2.25 bits per heavy atom. The quantitative estimate of drug-likeness (QED) is 0.917. The van der Waals surface area contributed by atoms with Crippen molar-refractivity contribution in [1.82, 2.24) is 10.3 Å². The molecule has 2 rings (SSSR count). The van der Waals surface area contributed by atoms with Crippen LogP contribution in [0.4, 0.5) is 4.79 Å². The third-order valence-electron chi connectivity index (χ3n) is 2.62. The lowest BCUT2D eigenvalue weighted by Crippen LogP contribution is -2.28. The normalized spacial score (nSPS) is 11.3. The molecule has 20 heavy (non-hydrogen) atoms. The number of hydrogen-bond acceptors (Lipinski definition) is 5. The predicted octanol–water partition coefficient (Wildman–Crippen LogP) is 3.02. The highest BCUT2D eigenvalue weighted by atomic mass is 32.1. The smallest absolute Gasteiger partial charge is 0.408 e. The molecule has 1 unspecified atom stereocenters. The van der Waals surface area contributed by atoms with Crippen LogP contribution >= 0.6 is 11.3 Å². The maximum absolute atomic E-state index is 11.7. The van der Waals surface area contributed by atoms with E-state index in [1.165, 1.54) is 11.3 Å². The number of aromatic nitrogens is 1. The Labute approximate surface area is 120 Å². The molecule has 1 N–H and O–H groups in total. The van der Waals surface area contributed by atoms with Gasteiger partial charge in [-0.25, -0.2) is 4.79 Å². The van der Waals surface area contributed by atoms with Crippen molar-refractivity contribution in [2.75, 3.05) is 0 Å². The lowest BCUT2D eigenvalue weighted by atomic mass is 10.1. The average molecular weight is 287 g/mol. The summed E-state index contributed by atoms with van der Waals surface area (Å²) in [4.78, 5) is 16.5. The number of alkyl carbamates (subject to hydrolysis) is 1. The topological polar surface area (TPSA) is 75.0 Å². The fourth-order valence-electron chi connectivity index (χ4n) is 1.66. The Bertz CT molecular complexity index is 578. The second-order valence-electron chi connectivity index (χ2n) is 4.01. The third kappa shape index (κ3) is 4.07. The third-order valence-corrected chi connectivity index (χ3v) is 3.37. The summed E-state index contributed by atoms with van der Waals surface area (Å²) in [6, 6.07) is 11.0. The van der Waals surface area contributed by atoms with Gasteiger partial charge >= 0.3 is 6.09 Å². The molecule has 2 aromatic rings. The summed E-state index contributed by atoms with van der Waals surface area (Å²) in [7, 11) is 0. The zero-order chi connectivity index (χ0) is 14.2. The van der Waals surface area contributed by atoms with Gasteiger partial charge in [0, 0.05) is 6.20 Å². The van der Waals surface area contributed by atoms with Gasteiger partial charge in [0.1, 0.15) is 6.61 Å². The van der Waals surface area contributed by atoms with Crippen molar-refractivity contribution in [3.8, 4) is 6.07 Å². The average Bonchev–Trinajstić information content (AvgIpc) is 2.99. The maximum Gasteiger partial charge on any atom is 0.408 e. The minimum absolute atomic E-state index is 0.185. The Morgan fingerprint density at radius 3 is 2.90 bits per heavy atom. The van der Waals surface area contributed by atoms with Gasteiger partial charge in [-0.2, -0.15) is 5.26 Å². The van der Waals surface area contributed by atoms with Gasteiger partial charge in [0.15, 0.2) is 0 Å². The van der Waals surface area contributed by atoms with E-state index in [0.717, 1.165) is 10.4 Å². The molecule has 0 aliphatic carbocycles. The standard InChI is InChI=1S/C14H13N3O2S/c15-7-6-13(11-4-2-1-3-5-11)17-14(18)19-9-12-8-16-10-20-12/h1-5,8,10,13H,6,9H2,(H,17,18). The molecule has 0 bridgehead atoms. The number of carbonyl (C=O) groups is 1. The van der Waals surface area contributed by atoms with Crippen LogP contribution in [0.2, 0.25) is 0 Å². The largest absolute Gasteiger partial charge is 0.444 e. The highest BCUT2D eigenvalue weighted by Crippen LogP contribution is 2.16. The molecule has 1 atom stereocenters. The molecular weight excluding hydrogens is 274 g/mol. The van der Waals surface area contributed by atoms with Crippen molar-refractivity contribution < 1.29 is 9.53 Å². The van der Waals surface area contributed by atoms with Gasteiger partial charge in [0.2, 0.25) is 0 Å². The van der Waals surface area contributed by atoms with Crippen molar-refractivity contribution in [3.05, 3.63) is 52.5 Å². The number of thiazole rings is 1. The maximum atomic E-state index is 11.7. The molecule has 6 heteroatoms. The Kier molecular flexibility index (Phi) is 5.09. The first-order valence-electron chi connectivity index (χ1n) is 6.02. The van der Waals surface area contributed by atoms with Crippen LogP contribution < -0.4 is 5.32 Å². The van der Waals surface area contributed by atoms with E-state index < -0.39 is 6.09 Å². The fourth-order valence-corrected chi connectivity index (χ4v) is 2.17. The lowest BCUT2D eigenvalue weighted by Gasteiger charge is -2.15. The van der Waals surface area contributed by atoms with E-state index in [0.29, 0.717) is 0 Å². The molecular formula is C14H13N3O2S. The minimum atomic E-state index is -0.539. The monoisotopic (exact) mass is 287 g/mol. The van der Waals surface area contributed by atoms with E-state index in [-0.39, 0.29) is 19.1 Å². The van der Waals surface area contributed by atoms with Crippen LogP contribution in [0.5, 0.6) is 0 Å². The van der Waals surface area contributed by atoms with E-state index in [1.54, 1.807) is 11.7 Å². The number of ether oxygens (including phenoxy) is 1. The van der Waals surface area contributed by atoms with Gasteiger partial charge in [-0.3, -0.25) is 4.98 Å². The number of hydrogen-bond donors (Lipinski definition) is 1. The number of rotatable bonds is 5. The number of nitrogens with one attached hydrogen (secondary N) is 1. The molecule has 0 radical (unpaired) electrons. The van der Waals surface area contributed by atoms with Crippen LogP contribution in [0, 0.1) is 11.3 Å².